The molecule has 0 aliphatic rings. The molecular weight excluding hydrogens is 208 g/mol. The molecule has 0 aromatic heterocycles. The molecule has 0 amide bonds. The number of benzene rings is 2. The van der Waals surface area contributed by atoms with Gasteiger partial charge < -0.3 is 0 Å². The lowest BCUT2D eigenvalue weighted by molar-refractivity contribution is 1.11. The van der Waals surface area contributed by atoms with Crippen molar-refractivity contribution in [3.05, 3.63) is 71.8 Å². The Bertz CT molecular complexity index is 368. The van der Waals surface area contributed by atoms with Crippen LogP contribution in [-0.4, -0.2) is 9.52 Å². The Hall–Kier alpha value is -1.34. The van der Waals surface area contributed by atoms with E-state index in [-0.39, 0.29) is 0 Å². The molecule has 2 aromatic carbocycles. The Kier molecular flexibility index (Phi) is 3.95. The first kappa shape index (κ1) is 11.2. The highest BCUT2D eigenvalue weighted by Gasteiger charge is 2.12. The Balaban J connectivity index is 2.31. The Labute approximate surface area is 100 Å². The molecule has 2 aromatic rings. The SMILES string of the molecule is CC[SiH]C(c1ccccc1)c1ccccc1. The fourth-order valence-corrected chi connectivity index (χ4v) is 3.48. The third kappa shape index (κ3) is 2.61. The van der Waals surface area contributed by atoms with E-state index in [0.29, 0.717) is 15.1 Å². The maximum atomic E-state index is 2.29. The summed E-state index contributed by atoms with van der Waals surface area (Å²) in [5.74, 6) is 0. The predicted octanol–water partition coefficient (Wildman–Crippen LogP) is 3.65. The first-order valence-corrected chi connectivity index (χ1v) is 7.33. The van der Waals surface area contributed by atoms with Gasteiger partial charge in [0.15, 0.2) is 0 Å². The molecule has 81 valence electrons. The molecule has 0 heterocycles. The van der Waals surface area contributed by atoms with Crippen LogP contribution in [0.25, 0.3) is 0 Å². The highest BCUT2D eigenvalue weighted by atomic mass is 28.2. The topological polar surface area (TPSA) is 0 Å². The van der Waals surface area contributed by atoms with Crippen LogP contribution in [0.2, 0.25) is 6.04 Å². The summed E-state index contributed by atoms with van der Waals surface area (Å²) < 4.78 is 0. The quantitative estimate of drug-likeness (QED) is 0.697. The van der Waals surface area contributed by atoms with Crippen LogP contribution in [0.15, 0.2) is 60.7 Å². The molecule has 0 unspecified atom stereocenters. The van der Waals surface area contributed by atoms with Gasteiger partial charge >= 0.3 is 0 Å². The first-order chi connectivity index (χ1) is 7.92. The molecule has 0 saturated heterocycles. The van der Waals surface area contributed by atoms with Crippen LogP contribution in [0.5, 0.6) is 0 Å². The van der Waals surface area contributed by atoms with Crippen molar-refractivity contribution in [2.45, 2.75) is 18.5 Å². The number of hydrogen-bond acceptors (Lipinski definition) is 0. The second-order valence-corrected chi connectivity index (χ2v) is 5.90. The smallest absolute Gasteiger partial charge is 0.0428 e. The minimum absolute atomic E-state index is 0.450. The third-order valence-electron chi connectivity index (χ3n) is 2.79. The maximum Gasteiger partial charge on any atom is 0.0428 e. The zero-order valence-electron chi connectivity index (χ0n) is 9.64. The molecule has 0 aliphatic heterocycles. The van der Waals surface area contributed by atoms with E-state index in [1.165, 1.54) is 17.2 Å². The molecule has 0 aliphatic carbocycles. The number of rotatable bonds is 4. The molecule has 0 N–H and O–H groups in total. The van der Waals surface area contributed by atoms with Crippen LogP contribution in [0.3, 0.4) is 0 Å². The standard InChI is InChI=1S/C15H17Si/c1-2-16-15(13-9-5-3-6-10-13)14-11-7-4-8-12-14/h3-12,15-16H,2H2,1H3. The van der Waals surface area contributed by atoms with Gasteiger partial charge in [0, 0.05) is 9.52 Å². The predicted molar refractivity (Wildman–Crippen MR) is 72.4 cm³/mol. The van der Waals surface area contributed by atoms with E-state index in [1.807, 2.05) is 0 Å². The summed E-state index contributed by atoms with van der Waals surface area (Å²) in [4.78, 5) is 0. The third-order valence-corrected chi connectivity index (χ3v) is 4.50. The molecular formula is C15H17Si. The van der Waals surface area contributed by atoms with Crippen molar-refractivity contribution in [1.29, 1.82) is 0 Å². The van der Waals surface area contributed by atoms with Crippen molar-refractivity contribution in [3.63, 3.8) is 0 Å². The summed E-state index contributed by atoms with van der Waals surface area (Å²) in [6.45, 7) is 2.29. The van der Waals surface area contributed by atoms with E-state index in [9.17, 15) is 0 Å². The largest absolute Gasteiger partial charge is 0.0682 e. The highest BCUT2D eigenvalue weighted by molar-refractivity contribution is 6.38. The van der Waals surface area contributed by atoms with Crippen LogP contribution < -0.4 is 0 Å². The summed E-state index contributed by atoms with van der Waals surface area (Å²) in [7, 11) is 0.450. The van der Waals surface area contributed by atoms with Crippen LogP contribution in [0, 0.1) is 0 Å². The van der Waals surface area contributed by atoms with Crippen LogP contribution >= 0.6 is 0 Å². The van der Waals surface area contributed by atoms with Gasteiger partial charge in [0.1, 0.15) is 0 Å². The van der Waals surface area contributed by atoms with Crippen LogP contribution in [0.1, 0.15) is 23.6 Å². The second-order valence-electron chi connectivity index (χ2n) is 3.94. The van der Waals surface area contributed by atoms with Gasteiger partial charge in [-0.15, -0.1) is 0 Å². The van der Waals surface area contributed by atoms with E-state index in [0.717, 1.165) is 0 Å². The normalized spacial score (nSPS) is 10.6. The summed E-state index contributed by atoms with van der Waals surface area (Å²) in [6.07, 6.45) is 0. The van der Waals surface area contributed by atoms with Gasteiger partial charge in [-0.2, -0.15) is 0 Å². The first-order valence-electron chi connectivity index (χ1n) is 5.85. The van der Waals surface area contributed by atoms with E-state index >= 15 is 0 Å². The van der Waals surface area contributed by atoms with Gasteiger partial charge in [-0.05, 0) is 16.7 Å². The maximum absolute atomic E-state index is 2.29. The molecule has 1 radical (unpaired) electrons. The van der Waals surface area contributed by atoms with Gasteiger partial charge in [-0.25, -0.2) is 0 Å². The molecule has 16 heavy (non-hydrogen) atoms. The van der Waals surface area contributed by atoms with Crippen molar-refractivity contribution in [1.82, 2.24) is 0 Å². The zero-order chi connectivity index (χ0) is 11.2. The lowest BCUT2D eigenvalue weighted by Gasteiger charge is -2.16. The van der Waals surface area contributed by atoms with E-state index < -0.39 is 0 Å². The summed E-state index contributed by atoms with van der Waals surface area (Å²) in [5, 5.41) is 0. The summed E-state index contributed by atoms with van der Waals surface area (Å²) >= 11 is 0. The van der Waals surface area contributed by atoms with Gasteiger partial charge in [-0.1, -0.05) is 73.6 Å². The van der Waals surface area contributed by atoms with Crippen molar-refractivity contribution in [2.75, 3.05) is 0 Å². The van der Waals surface area contributed by atoms with Gasteiger partial charge in [-0.3, -0.25) is 0 Å². The minimum Gasteiger partial charge on any atom is -0.0682 e. The molecule has 0 saturated carbocycles. The molecule has 0 fully saturated rings. The molecule has 0 atom stereocenters. The van der Waals surface area contributed by atoms with Crippen molar-refractivity contribution >= 4 is 9.52 Å². The molecule has 0 spiro atoms. The van der Waals surface area contributed by atoms with E-state index in [1.54, 1.807) is 0 Å². The van der Waals surface area contributed by atoms with E-state index in [2.05, 4.69) is 67.6 Å². The fourth-order valence-electron chi connectivity index (χ4n) is 2.02. The average molecular weight is 225 g/mol. The van der Waals surface area contributed by atoms with Gasteiger partial charge in [0.05, 0.1) is 0 Å². The molecule has 2 rings (SSSR count). The molecule has 0 bridgehead atoms. The van der Waals surface area contributed by atoms with Crippen molar-refractivity contribution in [2.24, 2.45) is 0 Å². The minimum atomic E-state index is 0.450. The average Bonchev–Trinajstić information content (AvgIpc) is 2.38. The Morgan fingerprint density at radius 3 is 1.62 bits per heavy atom. The highest BCUT2D eigenvalue weighted by Crippen LogP contribution is 2.23. The van der Waals surface area contributed by atoms with Crippen LogP contribution in [-0.2, 0) is 0 Å². The van der Waals surface area contributed by atoms with Crippen molar-refractivity contribution < 1.29 is 0 Å². The summed E-state index contributed by atoms with van der Waals surface area (Å²) in [6, 6.07) is 23.0. The Morgan fingerprint density at radius 2 is 1.25 bits per heavy atom. The lowest BCUT2D eigenvalue weighted by Crippen LogP contribution is -2.08. The van der Waals surface area contributed by atoms with E-state index in [4.69, 9.17) is 0 Å². The Morgan fingerprint density at radius 1 is 0.812 bits per heavy atom. The monoisotopic (exact) mass is 225 g/mol. The summed E-state index contributed by atoms with van der Waals surface area (Å²) in [5.41, 5.74) is 3.56. The van der Waals surface area contributed by atoms with Crippen LogP contribution in [0.4, 0.5) is 0 Å². The number of hydrogen-bond donors (Lipinski definition) is 0. The zero-order valence-corrected chi connectivity index (χ0v) is 10.8. The van der Waals surface area contributed by atoms with Gasteiger partial charge in [0.2, 0.25) is 0 Å². The van der Waals surface area contributed by atoms with Gasteiger partial charge in [0.25, 0.3) is 0 Å². The lowest BCUT2D eigenvalue weighted by atomic mass is 10.0. The van der Waals surface area contributed by atoms with Crippen molar-refractivity contribution in [3.8, 4) is 0 Å². The molecule has 0 nitrogen and oxygen atoms in total. The second kappa shape index (κ2) is 5.66. The molecule has 1 heteroatoms. The fraction of sp³-hybridized carbons (Fsp3) is 0.200.